The molecule has 3 atom stereocenters. The Morgan fingerprint density at radius 1 is 1.12 bits per heavy atom. The molecular formula is C29H47ClFN5O6. The summed E-state index contributed by atoms with van der Waals surface area (Å²) in [5.74, 6) is 0.722. The molecule has 3 saturated heterocycles. The number of aliphatic hydroxyl groups excluding tert-OH is 4. The number of piperidine rings is 1. The van der Waals surface area contributed by atoms with Crippen LogP contribution in [0.2, 0.25) is 0 Å². The summed E-state index contributed by atoms with van der Waals surface area (Å²) in [4.78, 5) is 16.7. The standard InChI is InChI=1S/C29H47ClFN5O6/c30-22-13-33-29(34-14-22)35-7-5-19(6-8-35)2-1-9-42-23-4-3-21(24(31)11-23)10-27(40)36-16-20(17-36)12-32-15-25(38)28(41)26(39)18-37/h3-4,11,19-20,22,25-26,28-29,32-34,37-39,41H,1-2,5-10,12-18H2/t22?,25-,26+,28-,29?/m0/s1. The van der Waals surface area contributed by atoms with E-state index in [4.69, 9.17) is 21.4 Å². The van der Waals surface area contributed by atoms with Gasteiger partial charge in [-0.3, -0.25) is 20.3 Å². The molecule has 1 amide bonds. The zero-order chi connectivity index (χ0) is 30.1. The molecule has 3 aliphatic heterocycles. The van der Waals surface area contributed by atoms with Gasteiger partial charge in [0.25, 0.3) is 0 Å². The summed E-state index contributed by atoms with van der Waals surface area (Å²) in [6.45, 7) is 5.27. The van der Waals surface area contributed by atoms with Gasteiger partial charge in [0.05, 0.1) is 31.1 Å². The van der Waals surface area contributed by atoms with Crippen molar-refractivity contribution in [1.29, 1.82) is 0 Å². The fourth-order valence-corrected chi connectivity index (χ4v) is 5.98. The van der Waals surface area contributed by atoms with Gasteiger partial charge in [0.2, 0.25) is 5.91 Å². The van der Waals surface area contributed by atoms with Gasteiger partial charge in [-0.05, 0) is 43.2 Å². The molecule has 0 bridgehead atoms. The zero-order valence-electron chi connectivity index (χ0n) is 24.1. The number of hydrogen-bond acceptors (Lipinski definition) is 10. The van der Waals surface area contributed by atoms with E-state index >= 15 is 0 Å². The van der Waals surface area contributed by atoms with Gasteiger partial charge in [-0.15, -0.1) is 11.6 Å². The summed E-state index contributed by atoms with van der Waals surface area (Å²) < 4.78 is 20.5. The monoisotopic (exact) mass is 615 g/mol. The number of benzene rings is 1. The normalized spacial score (nSPS) is 24.7. The van der Waals surface area contributed by atoms with Crippen molar-refractivity contribution in [2.24, 2.45) is 11.8 Å². The van der Waals surface area contributed by atoms with Crippen LogP contribution in [-0.2, 0) is 11.2 Å². The number of alkyl halides is 1. The third kappa shape index (κ3) is 9.70. The van der Waals surface area contributed by atoms with Crippen molar-refractivity contribution in [3.05, 3.63) is 29.6 Å². The van der Waals surface area contributed by atoms with E-state index in [-0.39, 0.29) is 36.5 Å². The second kappa shape index (κ2) is 16.5. The van der Waals surface area contributed by atoms with E-state index in [0.717, 1.165) is 51.9 Å². The first-order valence-electron chi connectivity index (χ1n) is 15.1. The van der Waals surface area contributed by atoms with Crippen LogP contribution < -0.4 is 20.7 Å². The van der Waals surface area contributed by atoms with Crippen molar-refractivity contribution >= 4 is 17.5 Å². The molecule has 0 unspecified atom stereocenters. The van der Waals surface area contributed by atoms with E-state index in [1.807, 2.05) is 0 Å². The molecule has 0 saturated carbocycles. The smallest absolute Gasteiger partial charge is 0.227 e. The predicted molar refractivity (Wildman–Crippen MR) is 157 cm³/mol. The number of nitrogens with one attached hydrogen (secondary N) is 3. The third-order valence-corrected chi connectivity index (χ3v) is 8.85. The lowest BCUT2D eigenvalue weighted by molar-refractivity contribution is -0.136. The van der Waals surface area contributed by atoms with Crippen LogP contribution in [0, 0.1) is 17.7 Å². The second-order valence-electron chi connectivity index (χ2n) is 11.8. The van der Waals surface area contributed by atoms with E-state index in [9.17, 15) is 24.5 Å². The minimum Gasteiger partial charge on any atom is -0.493 e. The fraction of sp³-hybridized carbons (Fsp3) is 0.759. The molecule has 238 valence electrons. The Labute approximate surface area is 252 Å². The van der Waals surface area contributed by atoms with Crippen LogP contribution in [0.5, 0.6) is 5.75 Å². The number of aliphatic hydroxyl groups is 4. The first kappa shape index (κ1) is 33.3. The highest BCUT2D eigenvalue weighted by Crippen LogP contribution is 2.24. The Balaban J connectivity index is 1.07. The number of ether oxygens (including phenoxy) is 1. The molecule has 1 aromatic carbocycles. The van der Waals surface area contributed by atoms with Crippen molar-refractivity contribution < 1.29 is 34.3 Å². The summed E-state index contributed by atoms with van der Waals surface area (Å²) in [6, 6.07) is 4.69. The van der Waals surface area contributed by atoms with Crippen molar-refractivity contribution in [2.45, 2.75) is 62.1 Å². The number of likely N-dealkylation sites (tertiary alicyclic amines) is 2. The topological polar surface area (TPSA) is 150 Å². The molecule has 3 fully saturated rings. The summed E-state index contributed by atoms with van der Waals surface area (Å²) in [7, 11) is 0. The minimum absolute atomic E-state index is 0.0206. The van der Waals surface area contributed by atoms with Gasteiger partial charge >= 0.3 is 0 Å². The van der Waals surface area contributed by atoms with Crippen LogP contribution in [0.15, 0.2) is 18.2 Å². The zero-order valence-corrected chi connectivity index (χ0v) is 24.9. The van der Waals surface area contributed by atoms with Crippen LogP contribution in [-0.4, -0.2) is 132 Å². The Kier molecular flexibility index (Phi) is 13.0. The van der Waals surface area contributed by atoms with Crippen LogP contribution in [0.3, 0.4) is 0 Å². The van der Waals surface area contributed by atoms with Gasteiger partial charge in [0, 0.05) is 64.3 Å². The maximum atomic E-state index is 14.7. The molecule has 3 aliphatic rings. The molecule has 0 spiro atoms. The van der Waals surface area contributed by atoms with Gasteiger partial charge in [-0.2, -0.15) is 0 Å². The largest absolute Gasteiger partial charge is 0.493 e. The first-order chi connectivity index (χ1) is 20.2. The van der Waals surface area contributed by atoms with Crippen LogP contribution in [0.1, 0.15) is 31.2 Å². The lowest BCUT2D eigenvalue weighted by atomic mass is 9.92. The molecule has 13 heteroatoms. The molecular weight excluding hydrogens is 569 g/mol. The highest BCUT2D eigenvalue weighted by atomic mass is 35.5. The summed E-state index contributed by atoms with van der Waals surface area (Å²) in [6.07, 6.45) is 0.435. The van der Waals surface area contributed by atoms with Crippen LogP contribution in [0.25, 0.3) is 0 Å². The van der Waals surface area contributed by atoms with Gasteiger partial charge in [0.1, 0.15) is 30.1 Å². The Bertz CT molecular complexity index is 976. The van der Waals surface area contributed by atoms with Gasteiger partial charge in [-0.25, -0.2) is 4.39 Å². The molecule has 1 aromatic rings. The number of carbonyl (C=O) groups is 1. The molecule has 11 nitrogen and oxygen atoms in total. The lowest BCUT2D eigenvalue weighted by Gasteiger charge is -2.41. The van der Waals surface area contributed by atoms with Crippen molar-refractivity contribution in [3.8, 4) is 5.75 Å². The average molecular weight is 616 g/mol. The Morgan fingerprint density at radius 2 is 1.83 bits per heavy atom. The average Bonchev–Trinajstić information content (AvgIpc) is 2.97. The van der Waals surface area contributed by atoms with E-state index < -0.39 is 30.7 Å². The highest BCUT2D eigenvalue weighted by Gasteiger charge is 2.31. The number of nitrogens with zero attached hydrogens (tertiary/aromatic N) is 2. The number of amides is 1. The predicted octanol–water partition coefficient (Wildman–Crippen LogP) is -0.554. The van der Waals surface area contributed by atoms with E-state index in [2.05, 4.69) is 20.9 Å². The highest BCUT2D eigenvalue weighted by molar-refractivity contribution is 6.21. The van der Waals surface area contributed by atoms with Crippen molar-refractivity contribution in [1.82, 2.24) is 25.8 Å². The molecule has 0 aliphatic carbocycles. The number of rotatable bonds is 15. The Morgan fingerprint density at radius 3 is 2.50 bits per heavy atom. The third-order valence-electron chi connectivity index (χ3n) is 8.54. The molecule has 42 heavy (non-hydrogen) atoms. The van der Waals surface area contributed by atoms with Crippen LogP contribution >= 0.6 is 11.6 Å². The van der Waals surface area contributed by atoms with Gasteiger partial charge in [-0.1, -0.05) is 6.07 Å². The van der Waals surface area contributed by atoms with E-state index in [1.165, 1.54) is 6.07 Å². The summed E-state index contributed by atoms with van der Waals surface area (Å²) >= 11 is 6.14. The summed E-state index contributed by atoms with van der Waals surface area (Å²) in [5.41, 5.74) is 0.337. The minimum atomic E-state index is -1.44. The van der Waals surface area contributed by atoms with Crippen molar-refractivity contribution in [3.63, 3.8) is 0 Å². The molecule has 7 N–H and O–H groups in total. The second-order valence-corrected chi connectivity index (χ2v) is 12.5. The molecule has 0 aromatic heterocycles. The van der Waals surface area contributed by atoms with Gasteiger partial charge < -0.3 is 35.4 Å². The quantitative estimate of drug-likeness (QED) is 0.101. The number of halogens is 2. The van der Waals surface area contributed by atoms with Crippen molar-refractivity contribution in [2.75, 3.05) is 65.6 Å². The van der Waals surface area contributed by atoms with E-state index in [1.54, 1.807) is 17.0 Å². The number of hydrogen-bond donors (Lipinski definition) is 7. The van der Waals surface area contributed by atoms with E-state index in [0.29, 0.717) is 43.5 Å². The maximum absolute atomic E-state index is 14.7. The maximum Gasteiger partial charge on any atom is 0.227 e. The van der Waals surface area contributed by atoms with Crippen LogP contribution in [0.4, 0.5) is 4.39 Å². The summed E-state index contributed by atoms with van der Waals surface area (Å²) in [5, 5.41) is 47.8. The molecule has 0 radical (unpaired) electrons. The molecule has 4 rings (SSSR count). The lowest BCUT2D eigenvalue weighted by Crippen LogP contribution is -2.62. The fourth-order valence-electron chi connectivity index (χ4n) is 5.80. The van der Waals surface area contributed by atoms with Gasteiger partial charge in [0.15, 0.2) is 0 Å². The first-order valence-corrected chi connectivity index (χ1v) is 15.6. The SMILES string of the molecule is O=C(Cc1ccc(OCCCC2CCN(C3NCC(Cl)CN3)CC2)cc1F)N1CC(CNC[C@H](O)[C@H](O)[C@H](O)CO)C1. The molecule has 3 heterocycles. The Hall–Kier alpha value is -1.61. The number of carbonyl (C=O) groups excluding carboxylic acids is 1.